The second-order valence-corrected chi connectivity index (χ2v) is 5.18. The molecular formula is C15H21ClO3. The monoisotopic (exact) mass is 284 g/mol. The maximum atomic E-state index is 12.2. The summed E-state index contributed by atoms with van der Waals surface area (Å²) < 4.78 is 10.6. The van der Waals surface area contributed by atoms with Crippen molar-refractivity contribution in [2.75, 3.05) is 14.2 Å². The average molecular weight is 285 g/mol. The van der Waals surface area contributed by atoms with Crippen molar-refractivity contribution in [3.8, 4) is 11.5 Å². The van der Waals surface area contributed by atoms with Gasteiger partial charge in [-0.2, -0.15) is 0 Å². The molecular weight excluding hydrogens is 264 g/mol. The molecule has 1 aromatic carbocycles. The fraction of sp³-hybridized carbons (Fsp3) is 0.533. The lowest BCUT2D eigenvalue weighted by molar-refractivity contribution is -0.121. The van der Waals surface area contributed by atoms with E-state index in [0.717, 1.165) is 5.56 Å². The van der Waals surface area contributed by atoms with Crippen LogP contribution in [0.5, 0.6) is 11.5 Å². The van der Waals surface area contributed by atoms with Gasteiger partial charge in [0.25, 0.3) is 0 Å². The van der Waals surface area contributed by atoms with Crippen LogP contribution < -0.4 is 9.47 Å². The van der Waals surface area contributed by atoms with Crippen LogP contribution in [0.4, 0.5) is 0 Å². The van der Waals surface area contributed by atoms with E-state index in [2.05, 4.69) is 0 Å². The first-order valence-electron chi connectivity index (χ1n) is 6.40. The van der Waals surface area contributed by atoms with Gasteiger partial charge in [0.2, 0.25) is 0 Å². The highest BCUT2D eigenvalue weighted by molar-refractivity contribution is 6.32. The number of hydrogen-bond donors (Lipinski definition) is 0. The van der Waals surface area contributed by atoms with Crippen molar-refractivity contribution in [2.45, 2.75) is 33.1 Å². The zero-order valence-electron chi connectivity index (χ0n) is 12.1. The number of methoxy groups -OCH3 is 2. The van der Waals surface area contributed by atoms with Crippen molar-refractivity contribution < 1.29 is 14.3 Å². The Labute approximate surface area is 119 Å². The van der Waals surface area contributed by atoms with Crippen LogP contribution in [0.1, 0.15) is 38.7 Å². The number of halogens is 1. The molecule has 0 heterocycles. The van der Waals surface area contributed by atoms with E-state index in [9.17, 15) is 4.79 Å². The molecule has 1 unspecified atom stereocenters. The predicted molar refractivity (Wildman–Crippen MR) is 77.4 cm³/mol. The third kappa shape index (κ3) is 3.41. The normalized spacial score (nSPS) is 12.4. The van der Waals surface area contributed by atoms with E-state index in [1.54, 1.807) is 26.4 Å². The second kappa shape index (κ2) is 6.80. The number of ether oxygens (including phenoxy) is 2. The van der Waals surface area contributed by atoms with E-state index >= 15 is 0 Å². The Bertz CT molecular complexity index is 455. The lowest BCUT2D eigenvalue weighted by Crippen LogP contribution is -2.18. The third-order valence-corrected chi connectivity index (χ3v) is 3.50. The number of carbonyl (C=O) groups is 1. The Morgan fingerprint density at radius 1 is 1.21 bits per heavy atom. The maximum Gasteiger partial charge on any atom is 0.141 e. The predicted octanol–water partition coefficient (Wildman–Crippen LogP) is 4.08. The van der Waals surface area contributed by atoms with E-state index in [0.29, 0.717) is 22.9 Å². The minimum atomic E-state index is -0.205. The van der Waals surface area contributed by atoms with Gasteiger partial charge in [-0.1, -0.05) is 32.4 Å². The molecule has 0 aliphatic carbocycles. The van der Waals surface area contributed by atoms with Gasteiger partial charge in [-0.25, -0.2) is 0 Å². The van der Waals surface area contributed by atoms with Crippen LogP contribution >= 0.6 is 11.6 Å². The molecule has 3 nitrogen and oxygen atoms in total. The largest absolute Gasteiger partial charge is 0.496 e. The molecule has 0 aromatic heterocycles. The second-order valence-electron chi connectivity index (χ2n) is 4.77. The highest BCUT2D eigenvalue weighted by Crippen LogP contribution is 2.39. The molecule has 0 aliphatic heterocycles. The van der Waals surface area contributed by atoms with E-state index in [4.69, 9.17) is 21.1 Å². The summed E-state index contributed by atoms with van der Waals surface area (Å²) in [5.74, 6) is 1.36. The summed E-state index contributed by atoms with van der Waals surface area (Å²) in [4.78, 5) is 12.2. The summed E-state index contributed by atoms with van der Waals surface area (Å²) in [5, 5.41) is 0.493. The molecule has 0 aliphatic rings. The molecule has 0 saturated heterocycles. The lowest BCUT2D eigenvalue weighted by atomic mass is 9.83. The van der Waals surface area contributed by atoms with Crippen molar-refractivity contribution in [2.24, 2.45) is 5.92 Å². The summed E-state index contributed by atoms with van der Waals surface area (Å²) in [5.41, 5.74) is 0.829. The molecule has 0 spiro atoms. The van der Waals surface area contributed by atoms with Crippen LogP contribution in [-0.2, 0) is 4.79 Å². The number of carbonyl (C=O) groups excluding carboxylic acids is 1. The highest BCUT2D eigenvalue weighted by Gasteiger charge is 2.27. The highest BCUT2D eigenvalue weighted by atomic mass is 35.5. The first-order valence-corrected chi connectivity index (χ1v) is 6.78. The SMILES string of the molecule is CCC(=O)C(c1cc(Cl)c(OC)cc1OC)C(C)C. The molecule has 0 saturated carbocycles. The minimum Gasteiger partial charge on any atom is -0.496 e. The number of ketones is 1. The molecule has 1 rings (SSSR count). The Hall–Kier alpha value is -1.22. The zero-order chi connectivity index (χ0) is 14.6. The topological polar surface area (TPSA) is 35.5 Å². The van der Waals surface area contributed by atoms with E-state index in [-0.39, 0.29) is 17.6 Å². The summed E-state index contributed by atoms with van der Waals surface area (Å²) in [7, 11) is 3.14. The van der Waals surface area contributed by atoms with Crippen LogP contribution in [0.25, 0.3) is 0 Å². The molecule has 1 aromatic rings. The van der Waals surface area contributed by atoms with Crippen molar-refractivity contribution in [3.63, 3.8) is 0 Å². The third-order valence-electron chi connectivity index (χ3n) is 3.20. The van der Waals surface area contributed by atoms with Gasteiger partial charge in [-0.15, -0.1) is 0 Å². The lowest BCUT2D eigenvalue weighted by Gasteiger charge is -2.22. The van der Waals surface area contributed by atoms with Crippen LogP contribution in [0.15, 0.2) is 12.1 Å². The Morgan fingerprint density at radius 3 is 2.21 bits per heavy atom. The Morgan fingerprint density at radius 2 is 1.79 bits per heavy atom. The molecule has 0 bridgehead atoms. The summed E-state index contributed by atoms with van der Waals surface area (Å²) in [6.45, 7) is 5.92. The standard InChI is InChI=1S/C15H21ClO3/c1-6-12(17)15(9(2)3)10-7-11(16)14(19-5)8-13(10)18-4/h7-9,15H,6H2,1-5H3. The fourth-order valence-corrected chi connectivity index (χ4v) is 2.50. The molecule has 0 amide bonds. The average Bonchev–Trinajstić information content (AvgIpc) is 2.38. The molecule has 106 valence electrons. The van der Waals surface area contributed by atoms with E-state index in [1.807, 2.05) is 20.8 Å². The molecule has 4 heteroatoms. The summed E-state index contributed by atoms with van der Waals surface area (Å²) in [6.07, 6.45) is 0.496. The smallest absolute Gasteiger partial charge is 0.141 e. The van der Waals surface area contributed by atoms with Crippen LogP contribution in [-0.4, -0.2) is 20.0 Å². The van der Waals surface area contributed by atoms with E-state index in [1.165, 1.54) is 0 Å². The van der Waals surface area contributed by atoms with Crippen molar-refractivity contribution in [1.29, 1.82) is 0 Å². The number of benzene rings is 1. The van der Waals surface area contributed by atoms with Gasteiger partial charge < -0.3 is 9.47 Å². The molecule has 0 N–H and O–H groups in total. The van der Waals surface area contributed by atoms with E-state index < -0.39 is 0 Å². The first kappa shape index (κ1) is 15.8. The minimum absolute atomic E-state index is 0.186. The Kier molecular flexibility index (Phi) is 5.67. The number of hydrogen-bond acceptors (Lipinski definition) is 3. The van der Waals surface area contributed by atoms with Crippen LogP contribution in [0.2, 0.25) is 5.02 Å². The molecule has 0 fully saturated rings. The number of Topliss-reactive ketones (excluding diaryl/α,β-unsaturated/α-hetero) is 1. The maximum absolute atomic E-state index is 12.2. The summed E-state index contributed by atoms with van der Waals surface area (Å²) >= 11 is 6.16. The van der Waals surface area contributed by atoms with Crippen molar-refractivity contribution in [1.82, 2.24) is 0 Å². The Balaban J connectivity index is 3.37. The van der Waals surface area contributed by atoms with Crippen molar-refractivity contribution in [3.05, 3.63) is 22.7 Å². The molecule has 1 atom stereocenters. The molecule has 0 radical (unpaired) electrons. The quantitative estimate of drug-likeness (QED) is 0.790. The molecule has 19 heavy (non-hydrogen) atoms. The van der Waals surface area contributed by atoms with Crippen LogP contribution in [0, 0.1) is 5.92 Å². The van der Waals surface area contributed by atoms with Gasteiger partial charge in [0.05, 0.1) is 19.2 Å². The van der Waals surface area contributed by atoms with Gasteiger partial charge in [-0.3, -0.25) is 4.79 Å². The summed E-state index contributed by atoms with van der Waals surface area (Å²) in [6, 6.07) is 3.51. The van der Waals surface area contributed by atoms with Gasteiger partial charge in [0, 0.05) is 24.0 Å². The van der Waals surface area contributed by atoms with Crippen LogP contribution in [0.3, 0.4) is 0 Å². The van der Waals surface area contributed by atoms with Crippen molar-refractivity contribution >= 4 is 17.4 Å². The fourth-order valence-electron chi connectivity index (χ4n) is 2.25. The van der Waals surface area contributed by atoms with Gasteiger partial charge in [0.1, 0.15) is 17.3 Å². The number of rotatable bonds is 6. The van der Waals surface area contributed by atoms with Gasteiger partial charge in [-0.05, 0) is 12.0 Å². The van der Waals surface area contributed by atoms with Gasteiger partial charge in [0.15, 0.2) is 0 Å². The zero-order valence-corrected chi connectivity index (χ0v) is 12.9. The first-order chi connectivity index (χ1) is 8.96. The van der Waals surface area contributed by atoms with Gasteiger partial charge >= 0.3 is 0 Å².